The molecular formula is C16H24BN3O3. The molecule has 2 atom stereocenters. The summed E-state index contributed by atoms with van der Waals surface area (Å²) in [6, 6.07) is 4.97. The molecule has 1 aromatic heterocycles. The normalized spacial score (nSPS) is 26.2. The topological polar surface area (TPSA) is 74.7 Å². The van der Waals surface area contributed by atoms with Crippen LogP contribution in [0.1, 0.15) is 43.0 Å². The molecule has 23 heavy (non-hydrogen) atoms. The maximum atomic E-state index is 11.7. The minimum atomic E-state index is -0.465. The third-order valence-corrected chi connectivity index (χ3v) is 4.73. The van der Waals surface area contributed by atoms with Crippen LogP contribution in [0, 0.1) is 0 Å². The fourth-order valence-electron chi connectivity index (χ4n) is 3.90. The van der Waals surface area contributed by atoms with Crippen molar-refractivity contribution in [3.05, 3.63) is 23.9 Å². The molecule has 0 radical (unpaired) electrons. The number of esters is 1. The standard InChI is InChI=1S/C16H24BN3O3/c1-3-23-16(21)11-4-7-15(18-10-11)20-13-5-6-14(20)9-12(8-13)19-17(2)22/h4,7,10,12-14,19,22H,3,5-6,8-9H2,1-2H3. The van der Waals surface area contributed by atoms with Crippen molar-refractivity contribution in [2.24, 2.45) is 0 Å². The molecule has 2 aliphatic heterocycles. The molecule has 2 saturated heterocycles. The SMILES string of the molecule is CCOC(=O)c1ccc(N2C3CCC2CC(NB(C)O)C3)nc1. The van der Waals surface area contributed by atoms with E-state index in [1.807, 2.05) is 6.07 Å². The molecular weight excluding hydrogens is 293 g/mol. The maximum absolute atomic E-state index is 11.7. The predicted molar refractivity (Wildman–Crippen MR) is 89.5 cm³/mol. The van der Waals surface area contributed by atoms with E-state index >= 15 is 0 Å². The number of carbonyl (C=O) groups excluding carboxylic acids is 1. The van der Waals surface area contributed by atoms with E-state index in [1.165, 1.54) is 0 Å². The van der Waals surface area contributed by atoms with E-state index < -0.39 is 7.05 Å². The second kappa shape index (κ2) is 6.89. The average Bonchev–Trinajstić information content (AvgIpc) is 2.78. The lowest BCUT2D eigenvalue weighted by Crippen LogP contribution is -2.52. The summed E-state index contributed by atoms with van der Waals surface area (Å²) in [7, 11) is -0.465. The molecule has 6 nitrogen and oxygen atoms in total. The molecule has 0 aliphatic carbocycles. The van der Waals surface area contributed by atoms with E-state index in [0.717, 1.165) is 31.5 Å². The molecule has 0 aromatic carbocycles. The van der Waals surface area contributed by atoms with Gasteiger partial charge in [0, 0.05) is 24.3 Å². The number of hydrogen-bond acceptors (Lipinski definition) is 6. The lowest BCUT2D eigenvalue weighted by molar-refractivity contribution is 0.0526. The molecule has 7 heteroatoms. The Bertz CT molecular complexity index is 538. The number of carbonyl (C=O) groups is 1. The van der Waals surface area contributed by atoms with Crippen molar-refractivity contribution >= 4 is 18.8 Å². The van der Waals surface area contributed by atoms with Crippen LogP contribution >= 0.6 is 0 Å². The van der Waals surface area contributed by atoms with Crippen LogP contribution in [-0.4, -0.2) is 47.8 Å². The van der Waals surface area contributed by atoms with Crippen LogP contribution < -0.4 is 10.1 Å². The summed E-state index contributed by atoms with van der Waals surface area (Å²) in [5.41, 5.74) is 0.494. The molecule has 2 fully saturated rings. The summed E-state index contributed by atoms with van der Waals surface area (Å²) >= 11 is 0. The highest BCUT2D eigenvalue weighted by Crippen LogP contribution is 2.38. The van der Waals surface area contributed by atoms with Crippen LogP contribution in [-0.2, 0) is 4.74 Å². The predicted octanol–water partition coefficient (Wildman–Crippen LogP) is 1.46. The minimum absolute atomic E-state index is 0.325. The Kier molecular flexibility index (Phi) is 4.87. The lowest BCUT2D eigenvalue weighted by atomic mass is 9.84. The summed E-state index contributed by atoms with van der Waals surface area (Å²) in [5, 5.41) is 12.8. The van der Waals surface area contributed by atoms with E-state index in [9.17, 15) is 9.82 Å². The van der Waals surface area contributed by atoms with Gasteiger partial charge in [0.05, 0.1) is 12.2 Å². The van der Waals surface area contributed by atoms with Gasteiger partial charge in [0.1, 0.15) is 5.82 Å². The molecule has 2 N–H and O–H groups in total. The molecule has 0 spiro atoms. The number of piperidine rings is 1. The van der Waals surface area contributed by atoms with E-state index in [0.29, 0.717) is 30.3 Å². The lowest BCUT2D eigenvalue weighted by Gasteiger charge is -2.40. The second-order valence-corrected chi connectivity index (χ2v) is 6.43. The van der Waals surface area contributed by atoms with Crippen molar-refractivity contribution in [1.29, 1.82) is 0 Å². The Morgan fingerprint density at radius 3 is 2.65 bits per heavy atom. The largest absolute Gasteiger partial charge is 0.462 e. The highest BCUT2D eigenvalue weighted by atomic mass is 16.5. The number of nitrogens with one attached hydrogen (secondary N) is 1. The van der Waals surface area contributed by atoms with Crippen molar-refractivity contribution in [3.63, 3.8) is 0 Å². The summed E-state index contributed by atoms with van der Waals surface area (Å²) in [4.78, 5) is 18.6. The van der Waals surface area contributed by atoms with Crippen molar-refractivity contribution in [2.75, 3.05) is 11.5 Å². The Labute approximate surface area is 137 Å². The van der Waals surface area contributed by atoms with Gasteiger partial charge in [0.25, 0.3) is 0 Å². The van der Waals surface area contributed by atoms with E-state index in [2.05, 4.69) is 15.1 Å². The third kappa shape index (κ3) is 3.51. The van der Waals surface area contributed by atoms with Crippen LogP contribution in [0.5, 0.6) is 0 Å². The number of ether oxygens (including phenoxy) is 1. The third-order valence-electron chi connectivity index (χ3n) is 4.73. The van der Waals surface area contributed by atoms with Gasteiger partial charge in [-0.1, -0.05) is 0 Å². The van der Waals surface area contributed by atoms with Gasteiger partial charge in [0.2, 0.25) is 0 Å². The van der Waals surface area contributed by atoms with Gasteiger partial charge in [-0.15, -0.1) is 0 Å². The minimum Gasteiger partial charge on any atom is -0.462 e. The quantitative estimate of drug-likeness (QED) is 0.633. The van der Waals surface area contributed by atoms with Gasteiger partial charge in [-0.2, -0.15) is 0 Å². The molecule has 2 aliphatic rings. The number of rotatable bonds is 5. The number of aromatic nitrogens is 1. The van der Waals surface area contributed by atoms with Crippen molar-refractivity contribution in [3.8, 4) is 0 Å². The number of hydrogen-bond donors (Lipinski definition) is 2. The van der Waals surface area contributed by atoms with Crippen LogP contribution in [0.2, 0.25) is 6.82 Å². The van der Waals surface area contributed by atoms with E-state index in [1.54, 1.807) is 26.0 Å². The first-order valence-electron chi connectivity index (χ1n) is 8.44. The van der Waals surface area contributed by atoms with Crippen LogP contribution in [0.3, 0.4) is 0 Å². The molecule has 2 bridgehead atoms. The van der Waals surface area contributed by atoms with Crippen molar-refractivity contribution in [2.45, 2.75) is 57.6 Å². The van der Waals surface area contributed by atoms with Gasteiger partial charge in [0.15, 0.2) is 0 Å². The zero-order chi connectivity index (χ0) is 16.4. The van der Waals surface area contributed by atoms with Crippen LogP contribution in [0.25, 0.3) is 0 Å². The second-order valence-electron chi connectivity index (χ2n) is 6.43. The summed E-state index contributed by atoms with van der Waals surface area (Å²) in [6.07, 6.45) is 5.95. The Morgan fingerprint density at radius 2 is 2.13 bits per heavy atom. The van der Waals surface area contributed by atoms with Gasteiger partial charge >= 0.3 is 13.0 Å². The molecule has 3 rings (SSSR count). The van der Waals surface area contributed by atoms with Crippen molar-refractivity contribution in [1.82, 2.24) is 10.2 Å². The van der Waals surface area contributed by atoms with E-state index in [-0.39, 0.29) is 5.97 Å². The average molecular weight is 317 g/mol. The Morgan fingerprint density at radius 1 is 1.43 bits per heavy atom. The monoisotopic (exact) mass is 317 g/mol. The highest BCUT2D eigenvalue weighted by molar-refractivity contribution is 6.45. The fourth-order valence-corrected chi connectivity index (χ4v) is 3.90. The molecule has 3 heterocycles. The van der Waals surface area contributed by atoms with Crippen molar-refractivity contribution < 1.29 is 14.6 Å². The zero-order valence-corrected chi connectivity index (χ0v) is 13.7. The molecule has 0 amide bonds. The molecule has 1 aromatic rings. The van der Waals surface area contributed by atoms with Gasteiger partial charge in [-0.25, -0.2) is 9.78 Å². The summed E-state index contributed by atoms with van der Waals surface area (Å²) in [6.45, 7) is 3.93. The Balaban J connectivity index is 1.70. The zero-order valence-electron chi connectivity index (χ0n) is 13.7. The molecule has 124 valence electrons. The molecule has 0 saturated carbocycles. The first-order valence-corrected chi connectivity index (χ1v) is 8.44. The molecule has 2 unspecified atom stereocenters. The van der Waals surface area contributed by atoms with Gasteiger partial charge in [-0.3, -0.25) is 0 Å². The fraction of sp³-hybridized carbons (Fsp3) is 0.625. The first kappa shape index (κ1) is 16.3. The summed E-state index contributed by atoms with van der Waals surface area (Å²) in [5.74, 6) is 0.607. The van der Waals surface area contributed by atoms with Crippen LogP contribution in [0.4, 0.5) is 5.82 Å². The number of fused-ring (bicyclic) bond motifs is 2. The number of anilines is 1. The van der Waals surface area contributed by atoms with Crippen LogP contribution in [0.15, 0.2) is 18.3 Å². The highest BCUT2D eigenvalue weighted by Gasteiger charge is 2.41. The number of pyridine rings is 1. The van der Waals surface area contributed by atoms with Gasteiger partial charge < -0.3 is 19.9 Å². The first-order chi connectivity index (χ1) is 11.1. The smallest absolute Gasteiger partial charge is 0.373 e. The Hall–Kier alpha value is -1.60. The summed E-state index contributed by atoms with van der Waals surface area (Å²) < 4.78 is 4.99. The maximum Gasteiger partial charge on any atom is 0.373 e. The van der Waals surface area contributed by atoms with E-state index in [4.69, 9.17) is 4.74 Å². The van der Waals surface area contributed by atoms with Gasteiger partial charge in [-0.05, 0) is 51.6 Å². The number of nitrogens with zero attached hydrogens (tertiary/aromatic N) is 2.